The Kier molecular flexibility index (Phi) is 7.06. The predicted octanol–water partition coefficient (Wildman–Crippen LogP) is 3.23. The van der Waals surface area contributed by atoms with Gasteiger partial charge in [0.1, 0.15) is 5.01 Å². The Labute approximate surface area is 189 Å². The van der Waals surface area contributed by atoms with Crippen molar-refractivity contribution in [2.75, 3.05) is 13.1 Å². The monoisotopic (exact) mass is 455 g/mol. The maximum Gasteiger partial charge on any atom is 0.282 e. The highest BCUT2D eigenvalue weighted by molar-refractivity contribution is 7.13. The molecule has 0 spiro atoms. The number of likely N-dealkylation sites (tertiary alicyclic amines) is 1. The molecule has 0 atom stereocenters. The van der Waals surface area contributed by atoms with Crippen LogP contribution in [-0.2, 0) is 13.1 Å². The zero-order chi connectivity index (χ0) is 21.6. The summed E-state index contributed by atoms with van der Waals surface area (Å²) in [5, 5.41) is 19.3. The normalized spacial score (nSPS) is 15.0. The number of piperidine rings is 1. The van der Waals surface area contributed by atoms with E-state index in [4.69, 9.17) is 0 Å². The summed E-state index contributed by atoms with van der Waals surface area (Å²) >= 11 is 2.87. The smallest absolute Gasteiger partial charge is 0.282 e. The zero-order valence-corrected chi connectivity index (χ0v) is 19.0. The van der Waals surface area contributed by atoms with Crippen molar-refractivity contribution in [3.8, 4) is 0 Å². The fourth-order valence-electron chi connectivity index (χ4n) is 3.46. The molecule has 3 heterocycles. The summed E-state index contributed by atoms with van der Waals surface area (Å²) < 4.78 is 0. The van der Waals surface area contributed by atoms with E-state index in [9.17, 15) is 9.59 Å². The van der Waals surface area contributed by atoms with E-state index in [2.05, 4.69) is 25.7 Å². The molecule has 1 aliphatic rings. The molecule has 0 unspecified atom stereocenters. The lowest BCUT2D eigenvalue weighted by Gasteiger charge is -2.31. The number of aromatic nitrogens is 2. The summed E-state index contributed by atoms with van der Waals surface area (Å²) in [6, 6.07) is 10.1. The zero-order valence-electron chi connectivity index (χ0n) is 17.3. The topological polar surface area (TPSA) is 87.2 Å². The quantitative estimate of drug-likeness (QED) is 0.571. The van der Waals surface area contributed by atoms with Crippen molar-refractivity contribution in [2.24, 2.45) is 0 Å². The van der Waals surface area contributed by atoms with Gasteiger partial charge in [0.2, 0.25) is 5.01 Å². The first-order valence-electron chi connectivity index (χ1n) is 10.3. The number of hydrogen-bond donors (Lipinski definition) is 2. The minimum Gasteiger partial charge on any atom is -0.349 e. The van der Waals surface area contributed by atoms with E-state index in [1.54, 1.807) is 0 Å². The molecule has 3 aromatic rings. The van der Waals surface area contributed by atoms with Crippen molar-refractivity contribution in [1.82, 2.24) is 25.7 Å². The molecule has 31 heavy (non-hydrogen) atoms. The maximum absolute atomic E-state index is 12.4. The first kappa shape index (κ1) is 21.6. The molecule has 0 bridgehead atoms. The molecule has 1 saturated heterocycles. The summed E-state index contributed by atoms with van der Waals surface area (Å²) in [6.45, 7) is 4.94. The highest BCUT2D eigenvalue weighted by Crippen LogP contribution is 2.17. The van der Waals surface area contributed by atoms with Crippen molar-refractivity contribution in [3.63, 3.8) is 0 Å². The van der Waals surface area contributed by atoms with Crippen LogP contribution in [0.4, 0.5) is 0 Å². The Bertz CT molecular complexity index is 1010. The third-order valence-electron chi connectivity index (χ3n) is 5.30. The first-order chi connectivity index (χ1) is 15.1. The van der Waals surface area contributed by atoms with Gasteiger partial charge in [-0.3, -0.25) is 14.5 Å². The minimum atomic E-state index is -0.195. The molecule has 0 saturated carbocycles. The van der Waals surface area contributed by atoms with Crippen molar-refractivity contribution in [3.05, 3.63) is 67.8 Å². The van der Waals surface area contributed by atoms with Gasteiger partial charge in [0.05, 0.1) is 6.54 Å². The predicted molar refractivity (Wildman–Crippen MR) is 122 cm³/mol. The van der Waals surface area contributed by atoms with Crippen LogP contribution in [0.15, 0.2) is 41.1 Å². The number of aryl methyl sites for hydroxylation is 1. The molecule has 2 N–H and O–H groups in total. The Morgan fingerprint density at radius 3 is 2.58 bits per heavy atom. The van der Waals surface area contributed by atoms with Gasteiger partial charge in [-0.1, -0.05) is 41.2 Å². The molecular formula is C22H25N5O2S2. The molecule has 1 aliphatic heterocycles. The Balaban J connectivity index is 1.21. The van der Waals surface area contributed by atoms with E-state index in [0.29, 0.717) is 18.1 Å². The molecule has 2 aromatic heterocycles. The minimum absolute atomic E-state index is 0.00474. The molecule has 7 nitrogen and oxygen atoms in total. The van der Waals surface area contributed by atoms with Gasteiger partial charge in [-0.2, -0.15) is 11.3 Å². The second-order valence-electron chi connectivity index (χ2n) is 7.71. The van der Waals surface area contributed by atoms with E-state index < -0.39 is 0 Å². The van der Waals surface area contributed by atoms with Gasteiger partial charge < -0.3 is 10.6 Å². The largest absolute Gasteiger partial charge is 0.349 e. The first-order valence-corrected chi connectivity index (χ1v) is 12.0. The van der Waals surface area contributed by atoms with E-state index in [1.807, 2.05) is 48.0 Å². The number of nitrogens with one attached hydrogen (secondary N) is 2. The molecule has 162 valence electrons. The Hall–Kier alpha value is -2.62. The van der Waals surface area contributed by atoms with Crippen molar-refractivity contribution < 1.29 is 9.59 Å². The van der Waals surface area contributed by atoms with Gasteiger partial charge in [0.15, 0.2) is 0 Å². The highest BCUT2D eigenvalue weighted by atomic mass is 32.1. The Morgan fingerprint density at radius 2 is 1.87 bits per heavy atom. The second-order valence-corrected chi connectivity index (χ2v) is 9.55. The maximum atomic E-state index is 12.4. The molecule has 1 fully saturated rings. The standard InChI is InChI=1S/C22H25N5O2S2/c1-15-2-4-16(5-3-15)12-23-21(29)22-26-25-19(31-22)13-27-9-6-18(7-10-27)24-20(28)17-8-11-30-14-17/h2-5,8,11,14,18H,6-7,9-10,12-13H2,1H3,(H,23,29)(H,24,28). The van der Waals surface area contributed by atoms with Gasteiger partial charge in [0, 0.05) is 36.6 Å². The van der Waals surface area contributed by atoms with Crippen LogP contribution in [0.1, 0.15) is 49.1 Å². The summed E-state index contributed by atoms with van der Waals surface area (Å²) in [7, 11) is 0. The number of rotatable bonds is 7. The van der Waals surface area contributed by atoms with Gasteiger partial charge in [-0.25, -0.2) is 0 Å². The van der Waals surface area contributed by atoms with Crippen molar-refractivity contribution in [1.29, 1.82) is 0 Å². The molecule has 9 heteroatoms. The van der Waals surface area contributed by atoms with Gasteiger partial charge in [0.25, 0.3) is 11.8 Å². The van der Waals surface area contributed by atoms with E-state index in [0.717, 1.165) is 42.1 Å². The van der Waals surface area contributed by atoms with Crippen LogP contribution in [0.2, 0.25) is 0 Å². The number of hydrogen-bond acceptors (Lipinski definition) is 7. The number of amides is 2. The van der Waals surface area contributed by atoms with Crippen LogP contribution in [0.25, 0.3) is 0 Å². The van der Waals surface area contributed by atoms with Crippen LogP contribution < -0.4 is 10.6 Å². The lowest BCUT2D eigenvalue weighted by molar-refractivity contribution is 0.0907. The lowest BCUT2D eigenvalue weighted by atomic mass is 10.0. The average molecular weight is 456 g/mol. The van der Waals surface area contributed by atoms with Crippen LogP contribution in [0, 0.1) is 6.92 Å². The van der Waals surface area contributed by atoms with E-state index >= 15 is 0 Å². The molecule has 0 aliphatic carbocycles. The second kappa shape index (κ2) is 10.1. The average Bonchev–Trinajstić information content (AvgIpc) is 3.47. The van der Waals surface area contributed by atoms with Crippen molar-refractivity contribution >= 4 is 34.5 Å². The third-order valence-corrected chi connectivity index (χ3v) is 6.89. The van der Waals surface area contributed by atoms with Crippen molar-refractivity contribution in [2.45, 2.75) is 38.9 Å². The number of nitrogens with zero attached hydrogens (tertiary/aromatic N) is 3. The van der Waals surface area contributed by atoms with Gasteiger partial charge in [-0.15, -0.1) is 10.2 Å². The highest BCUT2D eigenvalue weighted by Gasteiger charge is 2.23. The van der Waals surface area contributed by atoms with E-state index in [1.165, 1.54) is 28.2 Å². The lowest BCUT2D eigenvalue weighted by Crippen LogP contribution is -2.44. The molecule has 1 aromatic carbocycles. The number of benzene rings is 1. The number of carbonyl (C=O) groups excluding carboxylic acids is 2. The molecule has 2 amide bonds. The SMILES string of the molecule is Cc1ccc(CNC(=O)c2nnc(CN3CCC(NC(=O)c4ccsc4)CC3)s2)cc1. The third kappa shape index (κ3) is 5.96. The van der Waals surface area contributed by atoms with E-state index in [-0.39, 0.29) is 17.9 Å². The number of carbonyl (C=O) groups is 2. The van der Waals surface area contributed by atoms with Crippen LogP contribution in [-0.4, -0.2) is 46.0 Å². The molecule has 4 rings (SSSR count). The summed E-state index contributed by atoms with van der Waals surface area (Å²) in [4.78, 5) is 26.9. The van der Waals surface area contributed by atoms with Crippen LogP contribution >= 0.6 is 22.7 Å². The summed E-state index contributed by atoms with van der Waals surface area (Å²) in [6.07, 6.45) is 1.80. The summed E-state index contributed by atoms with van der Waals surface area (Å²) in [5.41, 5.74) is 2.98. The molecular weight excluding hydrogens is 430 g/mol. The molecule has 0 radical (unpaired) electrons. The number of thiophene rings is 1. The fourth-order valence-corrected chi connectivity index (χ4v) is 4.90. The Morgan fingerprint density at radius 1 is 1.10 bits per heavy atom. The van der Waals surface area contributed by atoms with Crippen LogP contribution in [0.3, 0.4) is 0 Å². The van der Waals surface area contributed by atoms with Gasteiger partial charge in [-0.05, 0) is 36.8 Å². The van der Waals surface area contributed by atoms with Crippen LogP contribution in [0.5, 0.6) is 0 Å². The summed E-state index contributed by atoms with van der Waals surface area (Å²) in [5.74, 6) is -0.190. The van der Waals surface area contributed by atoms with Gasteiger partial charge >= 0.3 is 0 Å². The fraction of sp³-hybridized carbons (Fsp3) is 0.364.